The molecule has 1 aromatic carbocycles. The Morgan fingerprint density at radius 2 is 2.10 bits per heavy atom. The molecule has 2 N–H and O–H groups in total. The van der Waals surface area contributed by atoms with E-state index in [9.17, 15) is 14.7 Å². The molecule has 0 spiro atoms. The smallest absolute Gasteiger partial charge is 0.322 e. The number of anilines is 1. The molecule has 21 heavy (non-hydrogen) atoms. The fourth-order valence-electron chi connectivity index (χ4n) is 3.57. The number of carboxylic acid groups (broad SMARTS) is 1. The lowest BCUT2D eigenvalue weighted by atomic mass is 9.89. The van der Waals surface area contributed by atoms with Gasteiger partial charge in [0.15, 0.2) is 0 Å². The van der Waals surface area contributed by atoms with Crippen molar-refractivity contribution < 1.29 is 14.7 Å². The largest absolute Gasteiger partial charge is 0.481 e. The number of benzene rings is 1. The van der Waals surface area contributed by atoms with Gasteiger partial charge >= 0.3 is 12.0 Å². The predicted molar refractivity (Wildman–Crippen MR) is 82.3 cm³/mol. The van der Waals surface area contributed by atoms with Gasteiger partial charge in [-0.1, -0.05) is 15.9 Å². The quantitative estimate of drug-likeness (QED) is 0.858. The van der Waals surface area contributed by atoms with Crippen LogP contribution in [0.1, 0.15) is 24.8 Å². The summed E-state index contributed by atoms with van der Waals surface area (Å²) in [5.41, 5.74) is 1.78. The highest BCUT2D eigenvalue weighted by atomic mass is 79.9. The Morgan fingerprint density at radius 1 is 1.33 bits per heavy atom. The molecule has 2 bridgehead atoms. The van der Waals surface area contributed by atoms with Crippen LogP contribution in [0, 0.1) is 12.8 Å². The second-order valence-corrected chi connectivity index (χ2v) is 6.75. The number of fused-ring (bicyclic) bond motifs is 2. The van der Waals surface area contributed by atoms with Gasteiger partial charge in [-0.3, -0.25) is 4.79 Å². The molecule has 112 valence electrons. The van der Waals surface area contributed by atoms with Crippen LogP contribution in [0.5, 0.6) is 0 Å². The van der Waals surface area contributed by atoms with Crippen molar-refractivity contribution in [3.63, 3.8) is 0 Å². The van der Waals surface area contributed by atoms with Crippen molar-refractivity contribution in [3.05, 3.63) is 28.2 Å². The Bertz CT molecular complexity index is 584. The molecule has 2 aliphatic heterocycles. The van der Waals surface area contributed by atoms with Crippen molar-refractivity contribution in [2.24, 2.45) is 5.92 Å². The monoisotopic (exact) mass is 352 g/mol. The summed E-state index contributed by atoms with van der Waals surface area (Å²) in [5, 5.41) is 12.1. The summed E-state index contributed by atoms with van der Waals surface area (Å²) in [7, 11) is 0. The van der Waals surface area contributed by atoms with E-state index in [0.29, 0.717) is 6.42 Å². The van der Waals surface area contributed by atoms with Gasteiger partial charge in [0, 0.05) is 22.2 Å². The Hall–Kier alpha value is -1.56. The number of rotatable bonds is 2. The Balaban J connectivity index is 1.76. The maximum Gasteiger partial charge on any atom is 0.322 e. The van der Waals surface area contributed by atoms with E-state index in [1.165, 1.54) is 0 Å². The highest BCUT2D eigenvalue weighted by Crippen LogP contribution is 2.42. The molecule has 0 saturated carbocycles. The highest BCUT2D eigenvalue weighted by molar-refractivity contribution is 9.10. The van der Waals surface area contributed by atoms with E-state index < -0.39 is 11.9 Å². The van der Waals surface area contributed by atoms with Crippen molar-refractivity contribution in [3.8, 4) is 0 Å². The number of carbonyl (C=O) groups is 2. The first-order chi connectivity index (χ1) is 9.95. The van der Waals surface area contributed by atoms with E-state index in [1.54, 1.807) is 4.90 Å². The average molecular weight is 353 g/mol. The van der Waals surface area contributed by atoms with Gasteiger partial charge in [-0.15, -0.1) is 0 Å². The van der Waals surface area contributed by atoms with Gasteiger partial charge in [0.2, 0.25) is 0 Å². The summed E-state index contributed by atoms with van der Waals surface area (Å²) in [5.74, 6) is -1.21. The minimum atomic E-state index is -0.793. The first kappa shape index (κ1) is 14.4. The van der Waals surface area contributed by atoms with E-state index in [2.05, 4.69) is 21.2 Å². The molecule has 1 aromatic rings. The zero-order chi connectivity index (χ0) is 15.1. The molecular weight excluding hydrogens is 336 g/mol. The molecule has 2 amide bonds. The third-order valence-corrected chi connectivity index (χ3v) is 4.84. The molecule has 2 saturated heterocycles. The van der Waals surface area contributed by atoms with Crippen LogP contribution in [0.15, 0.2) is 22.7 Å². The normalized spacial score (nSPS) is 27.0. The maximum atomic E-state index is 12.5. The standard InChI is InChI=1S/C15H17BrN2O3/c1-8-4-9(16)6-10(5-8)17-15(21)18-11-2-3-13(18)12(7-11)14(19)20/h4-6,11-13H,2-3,7H2,1H3,(H,17,21)(H,19,20). The third-order valence-electron chi connectivity index (χ3n) is 4.38. The summed E-state index contributed by atoms with van der Waals surface area (Å²) in [6.45, 7) is 1.96. The lowest BCUT2D eigenvalue weighted by Crippen LogP contribution is -2.40. The van der Waals surface area contributed by atoms with E-state index >= 15 is 0 Å². The zero-order valence-corrected chi connectivity index (χ0v) is 13.3. The average Bonchev–Trinajstić information content (AvgIpc) is 2.94. The van der Waals surface area contributed by atoms with Crippen molar-refractivity contribution in [2.45, 2.75) is 38.3 Å². The Labute approximate surface area is 131 Å². The molecule has 0 aliphatic carbocycles. The molecule has 3 unspecified atom stereocenters. The summed E-state index contributed by atoms with van der Waals surface area (Å²) >= 11 is 3.41. The fraction of sp³-hybridized carbons (Fsp3) is 0.467. The minimum Gasteiger partial charge on any atom is -0.481 e. The molecule has 2 heterocycles. The summed E-state index contributed by atoms with van der Waals surface area (Å²) < 4.78 is 0.908. The molecule has 0 aromatic heterocycles. The van der Waals surface area contributed by atoms with Gasteiger partial charge in [-0.25, -0.2) is 4.79 Å². The van der Waals surface area contributed by atoms with Gasteiger partial charge in [-0.2, -0.15) is 0 Å². The van der Waals surface area contributed by atoms with Gasteiger partial charge < -0.3 is 15.3 Å². The highest BCUT2D eigenvalue weighted by Gasteiger charge is 2.51. The first-order valence-corrected chi connectivity index (χ1v) is 7.84. The maximum absolute atomic E-state index is 12.5. The number of hydrogen-bond acceptors (Lipinski definition) is 2. The summed E-state index contributed by atoms with van der Waals surface area (Å²) in [6.07, 6.45) is 2.26. The zero-order valence-electron chi connectivity index (χ0n) is 11.7. The third kappa shape index (κ3) is 2.64. The molecule has 5 nitrogen and oxygen atoms in total. The van der Waals surface area contributed by atoms with Crippen molar-refractivity contribution in [2.75, 3.05) is 5.32 Å². The molecule has 0 radical (unpaired) electrons. The molecular formula is C15H17BrN2O3. The van der Waals surface area contributed by atoms with Crippen LogP contribution in [0.25, 0.3) is 0 Å². The van der Waals surface area contributed by atoms with Gasteiger partial charge in [-0.05, 0) is 49.9 Å². The number of aryl methyl sites for hydroxylation is 1. The second-order valence-electron chi connectivity index (χ2n) is 5.83. The second kappa shape index (κ2) is 5.33. The number of carboxylic acids is 1. The first-order valence-electron chi connectivity index (χ1n) is 7.05. The molecule has 2 fully saturated rings. The number of amides is 2. The van der Waals surface area contributed by atoms with E-state index in [0.717, 1.165) is 28.6 Å². The van der Waals surface area contributed by atoms with Crippen LogP contribution in [0.2, 0.25) is 0 Å². The van der Waals surface area contributed by atoms with Crippen LogP contribution in [0.4, 0.5) is 10.5 Å². The van der Waals surface area contributed by atoms with Crippen LogP contribution in [0.3, 0.4) is 0 Å². The number of hydrogen-bond donors (Lipinski definition) is 2. The summed E-state index contributed by atoms with van der Waals surface area (Å²) in [6, 6.07) is 5.41. The number of aliphatic carboxylic acids is 1. The van der Waals surface area contributed by atoms with E-state index in [-0.39, 0.29) is 18.1 Å². The number of nitrogens with one attached hydrogen (secondary N) is 1. The fourth-order valence-corrected chi connectivity index (χ4v) is 4.17. The van der Waals surface area contributed by atoms with Gasteiger partial charge in [0.05, 0.1) is 5.92 Å². The van der Waals surface area contributed by atoms with Crippen molar-refractivity contribution >= 4 is 33.6 Å². The van der Waals surface area contributed by atoms with Crippen LogP contribution >= 0.6 is 15.9 Å². The number of nitrogens with zero attached hydrogens (tertiary/aromatic N) is 1. The van der Waals surface area contributed by atoms with E-state index in [4.69, 9.17) is 0 Å². The van der Waals surface area contributed by atoms with Gasteiger partial charge in [0.25, 0.3) is 0 Å². The van der Waals surface area contributed by atoms with E-state index in [1.807, 2.05) is 25.1 Å². The number of urea groups is 1. The summed E-state index contributed by atoms with van der Waals surface area (Å²) in [4.78, 5) is 25.4. The van der Waals surface area contributed by atoms with Crippen LogP contribution < -0.4 is 5.32 Å². The van der Waals surface area contributed by atoms with Gasteiger partial charge in [0.1, 0.15) is 0 Å². The van der Waals surface area contributed by atoms with Crippen LogP contribution in [-0.4, -0.2) is 34.1 Å². The van der Waals surface area contributed by atoms with Crippen LogP contribution in [-0.2, 0) is 4.79 Å². The Kier molecular flexibility index (Phi) is 3.65. The Morgan fingerprint density at radius 3 is 2.71 bits per heavy atom. The molecule has 6 heteroatoms. The number of carbonyl (C=O) groups excluding carboxylic acids is 1. The lowest BCUT2D eigenvalue weighted by Gasteiger charge is -2.23. The van der Waals surface area contributed by atoms with Crippen molar-refractivity contribution in [1.82, 2.24) is 4.90 Å². The molecule has 2 aliphatic rings. The molecule has 3 atom stereocenters. The number of halogens is 1. The lowest BCUT2D eigenvalue weighted by molar-refractivity contribution is -0.142. The SMILES string of the molecule is Cc1cc(Br)cc(NC(=O)N2C3CCC2C(C(=O)O)C3)c1. The predicted octanol–water partition coefficient (Wildman–Crippen LogP) is 3.23. The van der Waals surface area contributed by atoms with Crippen molar-refractivity contribution in [1.29, 1.82) is 0 Å². The molecule has 3 rings (SSSR count). The minimum absolute atomic E-state index is 0.0596. The topological polar surface area (TPSA) is 69.6 Å².